The van der Waals surface area contributed by atoms with Gasteiger partial charge in [-0.15, -0.1) is 0 Å². The van der Waals surface area contributed by atoms with Crippen molar-refractivity contribution in [3.05, 3.63) is 63.1 Å². The average molecular weight is 283 g/mol. The van der Waals surface area contributed by atoms with Crippen LogP contribution in [0.2, 0.25) is 0 Å². The second-order valence-electron chi connectivity index (χ2n) is 4.74. The molecule has 0 saturated heterocycles. The van der Waals surface area contributed by atoms with Gasteiger partial charge in [0.15, 0.2) is 0 Å². The molecule has 1 aromatic heterocycles. The quantitative estimate of drug-likeness (QED) is 0.859. The molecular weight excluding hydrogens is 270 g/mol. The van der Waals surface area contributed by atoms with Crippen molar-refractivity contribution in [1.82, 2.24) is 4.98 Å². The number of cyclic esters (lactones) is 1. The molecule has 1 N–H and O–H groups in total. The van der Waals surface area contributed by atoms with Gasteiger partial charge in [-0.05, 0) is 36.8 Å². The van der Waals surface area contributed by atoms with Crippen LogP contribution in [0.1, 0.15) is 27.2 Å². The van der Waals surface area contributed by atoms with E-state index in [2.05, 4.69) is 4.98 Å². The Kier molecular flexibility index (Phi) is 3.10. The first-order valence-electron chi connectivity index (χ1n) is 6.40. The van der Waals surface area contributed by atoms with Crippen LogP contribution in [0.15, 0.2) is 35.1 Å². The Labute approximate surface area is 120 Å². The molecule has 106 valence electrons. The molecule has 1 aliphatic heterocycles. The highest BCUT2D eigenvalue weighted by molar-refractivity contribution is 6.05. The largest absolute Gasteiger partial charge is 0.497 e. The van der Waals surface area contributed by atoms with Gasteiger partial charge in [-0.3, -0.25) is 4.79 Å². The Morgan fingerprint density at radius 2 is 1.90 bits per heavy atom. The second-order valence-corrected chi connectivity index (χ2v) is 4.74. The van der Waals surface area contributed by atoms with Crippen LogP contribution in [0.3, 0.4) is 0 Å². The lowest BCUT2D eigenvalue weighted by atomic mass is 10.1. The molecule has 0 radical (unpaired) electrons. The zero-order valence-electron chi connectivity index (χ0n) is 11.6. The van der Waals surface area contributed by atoms with E-state index < -0.39 is 11.5 Å². The Morgan fingerprint density at radius 1 is 1.19 bits per heavy atom. The predicted molar refractivity (Wildman–Crippen MR) is 78.1 cm³/mol. The number of H-pyrrole nitrogens is 1. The van der Waals surface area contributed by atoms with E-state index in [0.29, 0.717) is 17.0 Å². The minimum absolute atomic E-state index is 0.0559. The SMILES string of the molecule is COc1ccc(C=C2OC(=O)c3c2cc(C)[nH]c3=O)cc1. The van der Waals surface area contributed by atoms with Gasteiger partial charge in [-0.2, -0.15) is 0 Å². The van der Waals surface area contributed by atoms with E-state index in [1.807, 2.05) is 24.3 Å². The fraction of sp³-hybridized carbons (Fsp3) is 0.125. The summed E-state index contributed by atoms with van der Waals surface area (Å²) in [5.41, 5.74) is 1.69. The highest BCUT2D eigenvalue weighted by Crippen LogP contribution is 2.29. The standard InChI is InChI=1S/C16H13NO4/c1-9-7-12-13(21-16(19)14(12)15(18)17-9)8-10-3-5-11(20-2)6-4-10/h3-8H,1-2H3,(H,17,18). The number of aromatic amines is 1. The fourth-order valence-electron chi connectivity index (χ4n) is 2.25. The number of ether oxygens (including phenoxy) is 2. The third-order valence-corrected chi connectivity index (χ3v) is 3.25. The maximum atomic E-state index is 11.8. The highest BCUT2D eigenvalue weighted by atomic mass is 16.5. The summed E-state index contributed by atoms with van der Waals surface area (Å²) in [4.78, 5) is 26.2. The van der Waals surface area contributed by atoms with E-state index in [4.69, 9.17) is 9.47 Å². The molecule has 0 spiro atoms. The first-order chi connectivity index (χ1) is 10.1. The Hall–Kier alpha value is -2.82. The third-order valence-electron chi connectivity index (χ3n) is 3.25. The molecule has 0 aliphatic carbocycles. The van der Waals surface area contributed by atoms with Crippen LogP contribution >= 0.6 is 0 Å². The number of carbonyl (C=O) groups excluding carboxylic acids is 1. The number of fused-ring (bicyclic) bond motifs is 1. The Morgan fingerprint density at radius 3 is 2.57 bits per heavy atom. The first kappa shape index (κ1) is 13.2. The minimum Gasteiger partial charge on any atom is -0.497 e. The van der Waals surface area contributed by atoms with E-state index in [0.717, 1.165) is 11.3 Å². The van der Waals surface area contributed by atoms with E-state index in [-0.39, 0.29) is 5.56 Å². The molecule has 0 unspecified atom stereocenters. The smallest absolute Gasteiger partial charge is 0.349 e. The lowest BCUT2D eigenvalue weighted by molar-refractivity contribution is 0.0715. The molecular formula is C16H13NO4. The average Bonchev–Trinajstić information content (AvgIpc) is 2.76. The number of nitrogens with one attached hydrogen (secondary N) is 1. The lowest BCUT2D eigenvalue weighted by Crippen LogP contribution is -2.16. The van der Waals surface area contributed by atoms with Gasteiger partial charge in [-0.25, -0.2) is 4.79 Å². The molecule has 5 nitrogen and oxygen atoms in total. The molecule has 0 saturated carbocycles. The van der Waals surface area contributed by atoms with Crippen molar-refractivity contribution in [3.63, 3.8) is 0 Å². The third kappa shape index (κ3) is 2.33. The first-order valence-corrected chi connectivity index (χ1v) is 6.40. The molecule has 0 fully saturated rings. The summed E-state index contributed by atoms with van der Waals surface area (Å²) in [6.07, 6.45) is 1.72. The van der Waals surface area contributed by atoms with Crippen LogP contribution in [0.25, 0.3) is 11.8 Å². The number of aryl methyl sites for hydroxylation is 1. The lowest BCUT2D eigenvalue weighted by Gasteiger charge is -2.02. The molecule has 0 atom stereocenters. The van der Waals surface area contributed by atoms with Gasteiger partial charge in [0.2, 0.25) is 0 Å². The van der Waals surface area contributed by atoms with E-state index in [1.165, 1.54) is 0 Å². The fourth-order valence-corrected chi connectivity index (χ4v) is 2.25. The van der Waals surface area contributed by atoms with Gasteiger partial charge in [0, 0.05) is 11.3 Å². The van der Waals surface area contributed by atoms with Crippen molar-refractivity contribution in [2.45, 2.75) is 6.92 Å². The zero-order chi connectivity index (χ0) is 15.0. The number of hydrogen-bond acceptors (Lipinski definition) is 4. The molecule has 0 bridgehead atoms. The van der Waals surface area contributed by atoms with Crippen LogP contribution < -0.4 is 10.3 Å². The minimum atomic E-state index is -0.619. The normalized spacial score (nSPS) is 15.0. The van der Waals surface area contributed by atoms with Crippen LogP contribution in [0.5, 0.6) is 5.75 Å². The van der Waals surface area contributed by atoms with Crippen molar-refractivity contribution in [2.75, 3.05) is 7.11 Å². The molecule has 3 rings (SSSR count). The molecule has 1 aliphatic rings. The summed E-state index contributed by atoms with van der Waals surface area (Å²) in [6.45, 7) is 1.76. The molecule has 0 amide bonds. The van der Waals surface area contributed by atoms with Crippen molar-refractivity contribution in [2.24, 2.45) is 0 Å². The van der Waals surface area contributed by atoms with Gasteiger partial charge in [0.25, 0.3) is 5.56 Å². The van der Waals surface area contributed by atoms with Crippen LogP contribution in [0.4, 0.5) is 0 Å². The van der Waals surface area contributed by atoms with Crippen molar-refractivity contribution in [3.8, 4) is 5.75 Å². The van der Waals surface area contributed by atoms with E-state index >= 15 is 0 Å². The van der Waals surface area contributed by atoms with Crippen LogP contribution in [-0.4, -0.2) is 18.1 Å². The van der Waals surface area contributed by atoms with Gasteiger partial charge in [-0.1, -0.05) is 12.1 Å². The maximum absolute atomic E-state index is 11.8. The van der Waals surface area contributed by atoms with Crippen molar-refractivity contribution >= 4 is 17.8 Å². The van der Waals surface area contributed by atoms with Gasteiger partial charge in [0.1, 0.15) is 17.1 Å². The number of methoxy groups -OCH3 is 1. The summed E-state index contributed by atoms with van der Waals surface area (Å²) in [6, 6.07) is 9.05. The topological polar surface area (TPSA) is 68.4 Å². The number of aromatic nitrogens is 1. The summed E-state index contributed by atoms with van der Waals surface area (Å²) in [5.74, 6) is 0.508. The molecule has 2 heterocycles. The Bertz CT molecular complexity index is 800. The monoisotopic (exact) mass is 283 g/mol. The summed E-state index contributed by atoms with van der Waals surface area (Å²) in [7, 11) is 1.59. The maximum Gasteiger partial charge on any atom is 0.349 e. The number of pyridine rings is 1. The number of hydrogen-bond donors (Lipinski definition) is 1. The molecule has 21 heavy (non-hydrogen) atoms. The van der Waals surface area contributed by atoms with E-state index in [9.17, 15) is 9.59 Å². The predicted octanol–water partition coefficient (Wildman–Crippen LogP) is 2.36. The molecule has 5 heteroatoms. The van der Waals surface area contributed by atoms with Gasteiger partial charge >= 0.3 is 5.97 Å². The molecule has 2 aromatic rings. The van der Waals surface area contributed by atoms with Crippen molar-refractivity contribution < 1.29 is 14.3 Å². The van der Waals surface area contributed by atoms with Crippen molar-refractivity contribution in [1.29, 1.82) is 0 Å². The van der Waals surface area contributed by atoms with Crippen LogP contribution in [-0.2, 0) is 4.74 Å². The van der Waals surface area contributed by atoms with Gasteiger partial charge in [0.05, 0.1) is 7.11 Å². The van der Waals surface area contributed by atoms with Gasteiger partial charge < -0.3 is 14.5 Å². The number of benzene rings is 1. The van der Waals surface area contributed by atoms with E-state index in [1.54, 1.807) is 26.2 Å². The highest BCUT2D eigenvalue weighted by Gasteiger charge is 2.29. The number of esters is 1. The zero-order valence-corrected chi connectivity index (χ0v) is 11.6. The number of rotatable bonds is 2. The second kappa shape index (κ2) is 4.94. The molecule has 1 aromatic carbocycles. The summed E-state index contributed by atoms with van der Waals surface area (Å²) in [5, 5.41) is 0. The summed E-state index contributed by atoms with van der Waals surface area (Å²) >= 11 is 0. The number of carbonyl (C=O) groups is 1. The Balaban J connectivity index is 2.08. The van der Waals surface area contributed by atoms with Crippen LogP contribution in [0, 0.1) is 6.92 Å². The summed E-state index contributed by atoms with van der Waals surface area (Å²) < 4.78 is 10.3.